The van der Waals surface area contributed by atoms with Gasteiger partial charge in [0.25, 0.3) is 0 Å². The first-order valence-corrected chi connectivity index (χ1v) is 15.4. The predicted octanol–water partition coefficient (Wildman–Crippen LogP) is 11.0. The van der Waals surface area contributed by atoms with E-state index in [1.165, 1.54) is 21.5 Å². The van der Waals surface area contributed by atoms with E-state index >= 15 is 0 Å². The third-order valence-electron chi connectivity index (χ3n) is 9.34. The molecule has 10 rings (SSSR count). The van der Waals surface area contributed by atoms with E-state index < -0.39 is 0 Å². The van der Waals surface area contributed by atoms with Crippen LogP contribution in [-0.2, 0) is 0 Å². The van der Waals surface area contributed by atoms with Gasteiger partial charge >= 0.3 is 0 Å². The summed E-state index contributed by atoms with van der Waals surface area (Å²) in [6.07, 6.45) is 0. The first-order chi connectivity index (χ1) is 22.8. The molecule has 0 atom stereocenters. The van der Waals surface area contributed by atoms with Gasteiger partial charge in [-0.3, -0.25) is 0 Å². The van der Waals surface area contributed by atoms with Gasteiger partial charge in [0.15, 0.2) is 0 Å². The Morgan fingerprint density at radius 3 is 1.44 bits per heavy atom. The number of benzene rings is 7. The molecule has 0 radical (unpaired) electrons. The number of fused-ring (bicyclic) bond motifs is 9. The van der Waals surface area contributed by atoms with Crippen molar-refractivity contribution in [1.82, 2.24) is 13.7 Å². The summed E-state index contributed by atoms with van der Waals surface area (Å²) in [6, 6.07) is 56.4. The number of hydrogen-bond donors (Lipinski definition) is 0. The van der Waals surface area contributed by atoms with Gasteiger partial charge in [-0.15, -0.1) is 0 Å². The van der Waals surface area contributed by atoms with Crippen LogP contribution in [-0.4, -0.2) is 13.7 Å². The van der Waals surface area contributed by atoms with Crippen molar-refractivity contribution in [2.24, 2.45) is 0 Å². The molecule has 3 heterocycles. The highest BCUT2D eigenvalue weighted by Gasteiger charge is 2.26. The lowest BCUT2D eigenvalue weighted by Gasteiger charge is -2.17. The lowest BCUT2D eigenvalue weighted by molar-refractivity contribution is 1.14. The van der Waals surface area contributed by atoms with Crippen molar-refractivity contribution in [2.75, 3.05) is 0 Å². The van der Waals surface area contributed by atoms with Crippen LogP contribution < -0.4 is 0 Å². The number of rotatable bonds is 3. The summed E-state index contributed by atoms with van der Waals surface area (Å²) in [7, 11) is 0. The van der Waals surface area contributed by atoms with E-state index in [1.807, 2.05) is 12.1 Å². The Labute approximate surface area is 260 Å². The molecule has 3 nitrogen and oxygen atoms in total. The molecule has 10 aromatic rings. The molecular weight excluding hydrogens is 546 g/mol. The molecule has 7 aromatic carbocycles. The zero-order chi connectivity index (χ0) is 30.4. The van der Waals surface area contributed by atoms with Crippen molar-refractivity contribution in [3.05, 3.63) is 164 Å². The van der Waals surface area contributed by atoms with E-state index in [0.717, 1.165) is 60.9 Å². The van der Waals surface area contributed by atoms with Gasteiger partial charge < -0.3 is 13.7 Å². The van der Waals surface area contributed by atoms with E-state index in [-0.39, 0.29) is 0 Å². The Balaban J connectivity index is 1.57. The summed E-state index contributed by atoms with van der Waals surface area (Å²) in [4.78, 5) is 0. The standard InChI is InChI=1S/C42H27N3/c1-3-15-28(16-4-1)43-38-26-14-10-22-33(38)40-39(43)27-34-32-21-9-11-23-35(32)44(29-17-5-2-6-18-29)41(34)42(40)45-36-24-12-7-19-30(36)31-20-8-13-25-37(31)45/h1-27H/i10D. The second-order valence-electron chi connectivity index (χ2n) is 11.7. The Kier molecular flexibility index (Phi) is 4.79. The molecular formula is C42H27N3. The van der Waals surface area contributed by atoms with E-state index in [4.69, 9.17) is 1.37 Å². The minimum atomic E-state index is 0.497. The highest BCUT2D eigenvalue weighted by molar-refractivity contribution is 6.26. The zero-order valence-corrected chi connectivity index (χ0v) is 24.4. The largest absolute Gasteiger partial charge is 0.309 e. The first-order valence-electron chi connectivity index (χ1n) is 15.9. The van der Waals surface area contributed by atoms with Gasteiger partial charge in [-0.2, -0.15) is 0 Å². The number of para-hydroxylation sites is 6. The lowest BCUT2D eigenvalue weighted by atomic mass is 10.1. The van der Waals surface area contributed by atoms with Gasteiger partial charge in [-0.1, -0.05) is 109 Å². The van der Waals surface area contributed by atoms with Crippen molar-refractivity contribution in [1.29, 1.82) is 0 Å². The normalized spacial score (nSPS) is 12.3. The molecule has 0 saturated heterocycles. The molecule has 0 unspecified atom stereocenters. The second kappa shape index (κ2) is 9.22. The van der Waals surface area contributed by atoms with Crippen LogP contribution in [0.2, 0.25) is 0 Å². The van der Waals surface area contributed by atoms with Gasteiger partial charge in [0, 0.05) is 43.7 Å². The lowest BCUT2D eigenvalue weighted by Crippen LogP contribution is -2.02. The maximum atomic E-state index is 8.78. The average molecular weight is 575 g/mol. The van der Waals surface area contributed by atoms with E-state index in [0.29, 0.717) is 6.04 Å². The van der Waals surface area contributed by atoms with Crippen molar-refractivity contribution < 1.29 is 1.37 Å². The molecule has 0 fully saturated rings. The number of aromatic nitrogens is 3. The molecule has 0 bridgehead atoms. The number of nitrogens with zero attached hydrogens (tertiary/aromatic N) is 3. The quantitative estimate of drug-likeness (QED) is 0.199. The molecule has 0 N–H and O–H groups in total. The van der Waals surface area contributed by atoms with Crippen LogP contribution in [0.5, 0.6) is 0 Å². The Bertz CT molecular complexity index is 2750. The third-order valence-corrected chi connectivity index (χ3v) is 9.34. The SMILES string of the molecule is [2H]c1ccc2c(c1)c1c(-n3c4ccccc4c4ccccc43)c3c(cc1n2-c1ccccc1)c1ccccc1n3-c1ccccc1. The Morgan fingerprint density at radius 2 is 0.822 bits per heavy atom. The minimum absolute atomic E-state index is 0.497. The fourth-order valence-corrected chi connectivity index (χ4v) is 7.56. The summed E-state index contributed by atoms with van der Waals surface area (Å²) in [5, 5.41) is 7.03. The average Bonchev–Trinajstić information content (AvgIpc) is 3.74. The molecule has 210 valence electrons. The summed E-state index contributed by atoms with van der Waals surface area (Å²) >= 11 is 0. The summed E-state index contributed by atoms with van der Waals surface area (Å²) in [5.74, 6) is 0. The highest BCUT2D eigenvalue weighted by atomic mass is 15.1. The van der Waals surface area contributed by atoms with Crippen LogP contribution in [0.1, 0.15) is 1.37 Å². The minimum Gasteiger partial charge on any atom is -0.309 e. The Morgan fingerprint density at radius 1 is 0.356 bits per heavy atom. The first kappa shape index (κ1) is 23.4. The summed E-state index contributed by atoms with van der Waals surface area (Å²) in [5.41, 5.74) is 10.2. The van der Waals surface area contributed by atoms with Crippen LogP contribution >= 0.6 is 0 Å². The van der Waals surface area contributed by atoms with Gasteiger partial charge in [0.1, 0.15) is 0 Å². The van der Waals surface area contributed by atoms with Crippen molar-refractivity contribution in [3.8, 4) is 17.1 Å². The van der Waals surface area contributed by atoms with E-state index in [9.17, 15) is 0 Å². The van der Waals surface area contributed by atoms with Crippen LogP contribution in [0, 0.1) is 0 Å². The molecule has 45 heavy (non-hydrogen) atoms. The van der Waals surface area contributed by atoms with Gasteiger partial charge in [-0.05, 0) is 54.6 Å². The molecule has 0 aliphatic rings. The van der Waals surface area contributed by atoms with E-state index in [2.05, 4.69) is 159 Å². The molecule has 0 aliphatic heterocycles. The maximum Gasteiger partial charge on any atom is 0.0810 e. The molecule has 3 aromatic heterocycles. The molecule has 0 saturated carbocycles. The van der Waals surface area contributed by atoms with Crippen LogP contribution in [0.15, 0.2) is 164 Å². The van der Waals surface area contributed by atoms with E-state index in [1.54, 1.807) is 0 Å². The molecule has 3 heteroatoms. The monoisotopic (exact) mass is 574 g/mol. The summed E-state index contributed by atoms with van der Waals surface area (Å²) in [6.45, 7) is 0. The second-order valence-corrected chi connectivity index (χ2v) is 11.7. The van der Waals surface area contributed by atoms with Crippen molar-refractivity contribution in [3.63, 3.8) is 0 Å². The fraction of sp³-hybridized carbons (Fsp3) is 0. The van der Waals surface area contributed by atoms with Crippen LogP contribution in [0.4, 0.5) is 0 Å². The highest BCUT2D eigenvalue weighted by Crippen LogP contribution is 2.46. The third kappa shape index (κ3) is 3.30. The predicted molar refractivity (Wildman–Crippen MR) is 189 cm³/mol. The smallest absolute Gasteiger partial charge is 0.0810 e. The van der Waals surface area contributed by atoms with Crippen molar-refractivity contribution >= 4 is 65.4 Å². The topological polar surface area (TPSA) is 14.8 Å². The zero-order valence-electron chi connectivity index (χ0n) is 25.4. The maximum absolute atomic E-state index is 8.78. The molecule has 0 amide bonds. The molecule has 0 spiro atoms. The van der Waals surface area contributed by atoms with Gasteiger partial charge in [0.2, 0.25) is 0 Å². The number of hydrogen-bond acceptors (Lipinski definition) is 0. The molecule has 0 aliphatic carbocycles. The van der Waals surface area contributed by atoms with Crippen LogP contribution in [0.3, 0.4) is 0 Å². The van der Waals surface area contributed by atoms with Crippen LogP contribution in [0.25, 0.3) is 82.5 Å². The van der Waals surface area contributed by atoms with Gasteiger partial charge in [-0.25, -0.2) is 0 Å². The Hall–Kier alpha value is -6.06. The van der Waals surface area contributed by atoms with Gasteiger partial charge in [0.05, 0.1) is 40.2 Å². The summed E-state index contributed by atoms with van der Waals surface area (Å²) < 4.78 is 16.1. The fourth-order valence-electron chi connectivity index (χ4n) is 7.56. The van der Waals surface area contributed by atoms with Crippen molar-refractivity contribution in [2.45, 2.75) is 0 Å².